The van der Waals surface area contributed by atoms with Crippen LogP contribution in [0, 0.1) is 29.4 Å². The summed E-state index contributed by atoms with van der Waals surface area (Å²) < 4.78 is 27.8. The van der Waals surface area contributed by atoms with E-state index in [9.17, 15) is 18.4 Å². The molecule has 4 rings (SSSR count). The van der Waals surface area contributed by atoms with Gasteiger partial charge in [-0.15, -0.1) is 0 Å². The smallest absolute Gasteiger partial charge is 0.299 e. The average Bonchev–Trinajstić information content (AvgIpc) is 3.13. The van der Waals surface area contributed by atoms with Gasteiger partial charge in [-0.3, -0.25) is 9.59 Å². The number of benzene rings is 1. The minimum Gasteiger partial charge on any atom is -0.302 e. The molecule has 3 unspecified atom stereocenters. The van der Waals surface area contributed by atoms with Crippen molar-refractivity contribution in [3.05, 3.63) is 29.3 Å². The number of rotatable bonds is 2. The molecule has 1 amide bonds. The zero-order valence-electron chi connectivity index (χ0n) is 11.4. The van der Waals surface area contributed by atoms with Crippen LogP contribution in [0.3, 0.4) is 0 Å². The third-order valence-corrected chi connectivity index (χ3v) is 5.32. The van der Waals surface area contributed by atoms with Crippen molar-refractivity contribution in [1.29, 1.82) is 0 Å². The lowest BCUT2D eigenvalue weighted by Crippen LogP contribution is -2.36. The number of carbonyl (C=O) groups excluding carboxylic acids is 2. The highest BCUT2D eigenvalue weighted by Crippen LogP contribution is 2.49. The van der Waals surface area contributed by atoms with Crippen molar-refractivity contribution < 1.29 is 18.4 Å². The molecule has 1 aliphatic heterocycles. The molecule has 2 bridgehead atoms. The van der Waals surface area contributed by atoms with E-state index in [4.69, 9.17) is 0 Å². The summed E-state index contributed by atoms with van der Waals surface area (Å²) in [5.41, 5.74) is -0.559. The number of halogens is 2. The molecule has 2 aliphatic carbocycles. The molecule has 1 heterocycles. The van der Waals surface area contributed by atoms with Crippen LogP contribution in [0.15, 0.2) is 12.1 Å². The maximum atomic E-state index is 14.0. The van der Waals surface area contributed by atoms with Crippen molar-refractivity contribution in [3.63, 3.8) is 0 Å². The van der Waals surface area contributed by atoms with E-state index in [-0.39, 0.29) is 5.69 Å². The lowest BCUT2D eigenvalue weighted by Gasteiger charge is -2.27. The summed E-state index contributed by atoms with van der Waals surface area (Å²) in [5.74, 6) is -1.69. The molecule has 3 aliphatic rings. The monoisotopic (exact) mass is 291 g/mol. The van der Waals surface area contributed by atoms with Crippen LogP contribution in [0.5, 0.6) is 0 Å². The number of amides is 1. The van der Waals surface area contributed by atoms with Gasteiger partial charge in [-0.05, 0) is 49.1 Å². The van der Waals surface area contributed by atoms with E-state index in [2.05, 4.69) is 0 Å². The molecule has 2 fully saturated rings. The Hall–Kier alpha value is -1.78. The minimum absolute atomic E-state index is 0.159. The highest BCUT2D eigenvalue weighted by atomic mass is 19.1. The van der Waals surface area contributed by atoms with Crippen LogP contribution in [0.25, 0.3) is 0 Å². The van der Waals surface area contributed by atoms with Crippen LogP contribution in [0.4, 0.5) is 14.5 Å². The molecule has 0 saturated heterocycles. The van der Waals surface area contributed by atoms with Crippen molar-refractivity contribution in [1.82, 2.24) is 0 Å². The maximum absolute atomic E-state index is 14.0. The Bertz CT molecular complexity index is 658. The SMILES string of the molecule is O=C1C(=O)N(CC2CC3CCC2C3)c2c(F)ccc(F)c21. The van der Waals surface area contributed by atoms with Crippen LogP contribution >= 0.6 is 0 Å². The van der Waals surface area contributed by atoms with E-state index in [1.807, 2.05) is 0 Å². The first-order valence-corrected chi connectivity index (χ1v) is 7.40. The van der Waals surface area contributed by atoms with Crippen molar-refractivity contribution in [3.8, 4) is 0 Å². The first kappa shape index (κ1) is 12.9. The Morgan fingerprint density at radius 2 is 1.86 bits per heavy atom. The first-order valence-electron chi connectivity index (χ1n) is 7.40. The highest BCUT2D eigenvalue weighted by molar-refractivity contribution is 6.52. The third kappa shape index (κ3) is 1.76. The molecular formula is C16H15F2NO2. The Morgan fingerprint density at radius 3 is 2.52 bits per heavy atom. The number of carbonyl (C=O) groups is 2. The van der Waals surface area contributed by atoms with Crippen molar-refractivity contribution >= 4 is 17.4 Å². The molecule has 2 saturated carbocycles. The van der Waals surface area contributed by atoms with Gasteiger partial charge in [0, 0.05) is 6.54 Å². The Labute approximate surface area is 120 Å². The van der Waals surface area contributed by atoms with Gasteiger partial charge in [0.25, 0.3) is 11.7 Å². The van der Waals surface area contributed by atoms with Crippen LogP contribution in [0.1, 0.15) is 36.0 Å². The molecule has 3 atom stereocenters. The highest BCUT2D eigenvalue weighted by Gasteiger charge is 2.45. The summed E-state index contributed by atoms with van der Waals surface area (Å²) in [5, 5.41) is 0. The van der Waals surface area contributed by atoms with Crippen LogP contribution < -0.4 is 4.90 Å². The molecule has 0 aromatic heterocycles. The predicted molar refractivity (Wildman–Crippen MR) is 72.0 cm³/mol. The maximum Gasteiger partial charge on any atom is 0.299 e. The van der Waals surface area contributed by atoms with Gasteiger partial charge in [-0.25, -0.2) is 8.78 Å². The molecule has 21 heavy (non-hydrogen) atoms. The summed E-state index contributed by atoms with van der Waals surface area (Å²) in [7, 11) is 0. The van der Waals surface area contributed by atoms with Gasteiger partial charge in [0.1, 0.15) is 11.6 Å². The summed E-state index contributed by atoms with van der Waals surface area (Å²) in [6, 6.07) is 1.88. The number of anilines is 1. The fourth-order valence-electron chi connectivity index (χ4n) is 4.36. The van der Waals surface area contributed by atoms with Crippen molar-refractivity contribution in [2.75, 3.05) is 11.4 Å². The largest absolute Gasteiger partial charge is 0.302 e. The topological polar surface area (TPSA) is 37.4 Å². The third-order valence-electron chi connectivity index (χ3n) is 5.32. The quantitative estimate of drug-likeness (QED) is 0.786. The van der Waals surface area contributed by atoms with E-state index in [0.717, 1.165) is 25.0 Å². The number of hydrogen-bond acceptors (Lipinski definition) is 2. The van der Waals surface area contributed by atoms with Crippen LogP contribution in [0.2, 0.25) is 0 Å². The number of hydrogen-bond donors (Lipinski definition) is 0. The Morgan fingerprint density at radius 1 is 1.10 bits per heavy atom. The average molecular weight is 291 g/mol. The zero-order valence-corrected chi connectivity index (χ0v) is 11.4. The van der Waals surface area contributed by atoms with Crippen LogP contribution in [-0.2, 0) is 4.79 Å². The van der Waals surface area contributed by atoms with E-state index in [1.54, 1.807) is 0 Å². The number of fused-ring (bicyclic) bond motifs is 3. The molecule has 0 N–H and O–H groups in total. The summed E-state index contributed by atoms with van der Waals surface area (Å²) in [6.45, 7) is 0.332. The van der Waals surface area contributed by atoms with Gasteiger partial charge in [0.2, 0.25) is 0 Å². The lowest BCUT2D eigenvalue weighted by molar-refractivity contribution is -0.114. The van der Waals surface area contributed by atoms with E-state index in [1.165, 1.54) is 17.7 Å². The molecule has 1 aromatic rings. The molecule has 1 aromatic carbocycles. The van der Waals surface area contributed by atoms with Crippen LogP contribution in [-0.4, -0.2) is 18.2 Å². The second-order valence-electron chi connectivity index (χ2n) is 6.43. The second-order valence-corrected chi connectivity index (χ2v) is 6.43. The standard InChI is InChI=1S/C16H15F2NO2/c17-11-3-4-12(18)14-13(11)15(20)16(21)19(14)7-10-6-8-1-2-9(10)5-8/h3-4,8-10H,1-2,5-7H2. The molecular weight excluding hydrogens is 276 g/mol. The number of ketones is 1. The van der Waals surface area contributed by atoms with Gasteiger partial charge >= 0.3 is 0 Å². The fraction of sp³-hybridized carbons (Fsp3) is 0.500. The van der Waals surface area contributed by atoms with Gasteiger partial charge < -0.3 is 4.90 Å². The molecule has 110 valence electrons. The zero-order chi connectivity index (χ0) is 14.7. The van der Waals surface area contributed by atoms with E-state index >= 15 is 0 Å². The molecule has 3 nitrogen and oxygen atoms in total. The van der Waals surface area contributed by atoms with Crippen molar-refractivity contribution in [2.24, 2.45) is 17.8 Å². The number of nitrogens with zero attached hydrogens (tertiary/aromatic N) is 1. The fourth-order valence-corrected chi connectivity index (χ4v) is 4.36. The molecule has 0 radical (unpaired) electrons. The normalized spacial score (nSPS) is 30.4. The van der Waals surface area contributed by atoms with Gasteiger partial charge in [-0.1, -0.05) is 6.42 Å². The van der Waals surface area contributed by atoms with E-state index < -0.39 is 28.9 Å². The first-order chi connectivity index (χ1) is 10.1. The van der Waals surface area contributed by atoms with E-state index in [0.29, 0.717) is 24.3 Å². The van der Waals surface area contributed by atoms with Gasteiger partial charge in [0.05, 0.1) is 11.3 Å². The predicted octanol–water partition coefficient (Wildman–Crippen LogP) is 2.93. The summed E-state index contributed by atoms with van der Waals surface area (Å²) >= 11 is 0. The second kappa shape index (κ2) is 4.36. The summed E-state index contributed by atoms with van der Waals surface area (Å²) in [6.07, 6.45) is 4.56. The number of Topliss-reactive ketones (excluding diaryl/α,β-unsaturated/α-hetero) is 1. The summed E-state index contributed by atoms with van der Waals surface area (Å²) in [4.78, 5) is 25.2. The Kier molecular flexibility index (Phi) is 2.68. The Balaban J connectivity index is 1.69. The molecule has 5 heteroatoms. The van der Waals surface area contributed by atoms with Gasteiger partial charge in [0.15, 0.2) is 0 Å². The van der Waals surface area contributed by atoms with Gasteiger partial charge in [-0.2, -0.15) is 0 Å². The lowest BCUT2D eigenvalue weighted by atomic mass is 9.88. The minimum atomic E-state index is -0.926. The molecule has 0 spiro atoms. The van der Waals surface area contributed by atoms with Crippen molar-refractivity contribution in [2.45, 2.75) is 25.7 Å².